The molecule has 2 atom stereocenters. The molecule has 1 heterocycles. The Morgan fingerprint density at radius 1 is 1.17 bits per heavy atom. The monoisotopic (exact) mass is 353 g/mol. The second-order valence-corrected chi connectivity index (χ2v) is 9.19. The summed E-state index contributed by atoms with van der Waals surface area (Å²) in [6, 6.07) is 5.22. The van der Waals surface area contributed by atoms with Gasteiger partial charge in [-0.05, 0) is 55.4 Å². The van der Waals surface area contributed by atoms with Gasteiger partial charge in [-0.25, -0.2) is 8.42 Å². The van der Waals surface area contributed by atoms with Crippen LogP contribution in [0.1, 0.15) is 52.0 Å². The van der Waals surface area contributed by atoms with Gasteiger partial charge in [0.1, 0.15) is 5.75 Å². The molecule has 1 fully saturated rings. The van der Waals surface area contributed by atoms with Crippen LogP contribution in [0.15, 0.2) is 23.1 Å². The fraction of sp³-hybridized carbons (Fsp3) is 0.684. The van der Waals surface area contributed by atoms with Crippen LogP contribution < -0.4 is 4.74 Å². The van der Waals surface area contributed by atoms with Gasteiger partial charge in [0.15, 0.2) is 0 Å². The van der Waals surface area contributed by atoms with E-state index >= 15 is 0 Å². The van der Waals surface area contributed by atoms with Crippen LogP contribution in [-0.4, -0.2) is 32.4 Å². The first-order valence-corrected chi connectivity index (χ1v) is 10.5. The topological polar surface area (TPSA) is 46.6 Å². The number of hydrogen-bond donors (Lipinski definition) is 0. The second kappa shape index (κ2) is 8.34. The van der Waals surface area contributed by atoms with Gasteiger partial charge in [0.05, 0.1) is 11.5 Å². The van der Waals surface area contributed by atoms with Crippen molar-refractivity contribution in [2.24, 2.45) is 11.8 Å². The number of nitrogens with zero attached hydrogens (tertiary/aromatic N) is 1. The molecule has 0 N–H and O–H groups in total. The van der Waals surface area contributed by atoms with E-state index in [9.17, 15) is 8.42 Å². The summed E-state index contributed by atoms with van der Waals surface area (Å²) in [5.74, 6) is 1.60. The molecular weight excluding hydrogens is 322 g/mol. The SMILES string of the molecule is CCCCCOc1ccc(S(=O)(=O)N2CC(C)CC(C)C2)cc1C. The highest BCUT2D eigenvalue weighted by Gasteiger charge is 2.31. The van der Waals surface area contributed by atoms with Crippen molar-refractivity contribution in [3.05, 3.63) is 23.8 Å². The van der Waals surface area contributed by atoms with E-state index in [0.29, 0.717) is 36.4 Å². The number of unbranched alkanes of at least 4 members (excludes halogenated alkanes) is 2. The van der Waals surface area contributed by atoms with Crippen molar-refractivity contribution < 1.29 is 13.2 Å². The highest BCUT2D eigenvalue weighted by molar-refractivity contribution is 7.89. The molecule has 0 saturated carbocycles. The maximum Gasteiger partial charge on any atom is 0.243 e. The van der Waals surface area contributed by atoms with Crippen LogP contribution in [0.2, 0.25) is 0 Å². The number of piperidine rings is 1. The predicted octanol–water partition coefficient (Wildman–Crippen LogP) is 4.23. The maximum absolute atomic E-state index is 12.9. The lowest BCUT2D eigenvalue weighted by Crippen LogP contribution is -2.42. The molecule has 5 heteroatoms. The van der Waals surface area contributed by atoms with Gasteiger partial charge in [0.25, 0.3) is 0 Å². The molecule has 0 radical (unpaired) electrons. The van der Waals surface area contributed by atoms with Gasteiger partial charge in [-0.15, -0.1) is 0 Å². The van der Waals surface area contributed by atoms with Crippen LogP contribution in [0.4, 0.5) is 0 Å². The van der Waals surface area contributed by atoms with Crippen LogP contribution >= 0.6 is 0 Å². The van der Waals surface area contributed by atoms with E-state index in [1.54, 1.807) is 22.5 Å². The van der Waals surface area contributed by atoms with Crippen LogP contribution in [0, 0.1) is 18.8 Å². The minimum Gasteiger partial charge on any atom is -0.493 e. The largest absolute Gasteiger partial charge is 0.493 e. The summed E-state index contributed by atoms with van der Waals surface area (Å²) in [7, 11) is -3.42. The standard InChI is InChI=1S/C19H31NO3S/c1-5-6-7-10-23-19-9-8-18(12-17(19)4)24(21,22)20-13-15(2)11-16(3)14-20/h8-9,12,15-16H,5-7,10-11,13-14H2,1-4H3. The van der Waals surface area contributed by atoms with E-state index in [4.69, 9.17) is 4.74 Å². The molecule has 2 rings (SSSR count). The van der Waals surface area contributed by atoms with Crippen molar-refractivity contribution in [3.63, 3.8) is 0 Å². The van der Waals surface area contributed by atoms with Gasteiger partial charge in [0.2, 0.25) is 10.0 Å². The molecule has 2 unspecified atom stereocenters. The molecule has 0 aliphatic carbocycles. The van der Waals surface area contributed by atoms with Crippen molar-refractivity contribution in [1.29, 1.82) is 0 Å². The van der Waals surface area contributed by atoms with E-state index in [1.807, 2.05) is 6.92 Å². The molecule has 1 aromatic carbocycles. The third-order valence-electron chi connectivity index (χ3n) is 4.62. The Balaban J connectivity index is 2.12. The van der Waals surface area contributed by atoms with Gasteiger partial charge in [0, 0.05) is 13.1 Å². The Labute approximate surface area is 147 Å². The molecule has 0 bridgehead atoms. The quantitative estimate of drug-likeness (QED) is 0.689. The molecule has 1 saturated heterocycles. The van der Waals surface area contributed by atoms with Gasteiger partial charge in [-0.1, -0.05) is 33.6 Å². The van der Waals surface area contributed by atoms with Gasteiger partial charge in [-0.2, -0.15) is 4.31 Å². The Hall–Kier alpha value is -1.07. The van der Waals surface area contributed by atoms with Crippen molar-refractivity contribution in [1.82, 2.24) is 4.31 Å². The Morgan fingerprint density at radius 2 is 1.83 bits per heavy atom. The summed E-state index contributed by atoms with van der Waals surface area (Å²) in [5, 5.41) is 0. The highest BCUT2D eigenvalue weighted by atomic mass is 32.2. The lowest BCUT2D eigenvalue weighted by Gasteiger charge is -2.34. The number of sulfonamides is 1. The molecular formula is C19H31NO3S. The third kappa shape index (κ3) is 4.73. The molecule has 4 nitrogen and oxygen atoms in total. The molecule has 1 aliphatic rings. The van der Waals surface area contributed by atoms with E-state index in [-0.39, 0.29) is 0 Å². The number of hydrogen-bond acceptors (Lipinski definition) is 3. The first-order valence-electron chi connectivity index (χ1n) is 9.08. The zero-order valence-corrected chi connectivity index (χ0v) is 16.2. The van der Waals surface area contributed by atoms with Crippen LogP contribution in [-0.2, 0) is 10.0 Å². The van der Waals surface area contributed by atoms with E-state index in [0.717, 1.165) is 37.0 Å². The summed E-state index contributed by atoms with van der Waals surface area (Å²) < 4.78 is 33.3. The van der Waals surface area contributed by atoms with Crippen LogP contribution in [0.5, 0.6) is 5.75 Å². The van der Waals surface area contributed by atoms with E-state index < -0.39 is 10.0 Å². The number of ether oxygens (including phenoxy) is 1. The fourth-order valence-electron chi connectivity index (χ4n) is 3.43. The average molecular weight is 354 g/mol. The zero-order chi connectivity index (χ0) is 17.7. The molecule has 0 aromatic heterocycles. The van der Waals surface area contributed by atoms with Gasteiger partial charge in [-0.3, -0.25) is 0 Å². The van der Waals surface area contributed by atoms with E-state index in [1.165, 1.54) is 0 Å². The summed E-state index contributed by atoms with van der Waals surface area (Å²) in [4.78, 5) is 0.377. The predicted molar refractivity (Wildman–Crippen MR) is 97.9 cm³/mol. The van der Waals surface area contributed by atoms with Crippen LogP contribution in [0.3, 0.4) is 0 Å². The molecule has 0 spiro atoms. The molecule has 136 valence electrons. The average Bonchev–Trinajstić information content (AvgIpc) is 2.51. The van der Waals surface area contributed by atoms with Crippen molar-refractivity contribution in [2.45, 2.75) is 58.3 Å². The van der Waals surface area contributed by atoms with Gasteiger partial charge >= 0.3 is 0 Å². The number of aryl methyl sites for hydroxylation is 1. The first-order chi connectivity index (χ1) is 11.3. The Kier molecular flexibility index (Phi) is 6.70. The van der Waals surface area contributed by atoms with E-state index in [2.05, 4.69) is 20.8 Å². The summed E-state index contributed by atoms with van der Waals surface area (Å²) in [6.45, 7) is 10.2. The van der Waals surface area contributed by atoms with Crippen LogP contribution in [0.25, 0.3) is 0 Å². The highest BCUT2D eigenvalue weighted by Crippen LogP contribution is 2.29. The third-order valence-corrected chi connectivity index (χ3v) is 6.45. The summed E-state index contributed by atoms with van der Waals surface area (Å²) >= 11 is 0. The number of rotatable bonds is 7. The zero-order valence-electron chi connectivity index (χ0n) is 15.4. The lowest BCUT2D eigenvalue weighted by molar-refractivity contribution is 0.222. The fourth-order valence-corrected chi connectivity index (χ4v) is 5.19. The van der Waals surface area contributed by atoms with Crippen molar-refractivity contribution in [2.75, 3.05) is 19.7 Å². The minimum absolute atomic E-state index is 0.377. The smallest absolute Gasteiger partial charge is 0.243 e. The summed E-state index contributed by atoms with van der Waals surface area (Å²) in [5.41, 5.74) is 0.880. The number of benzene rings is 1. The summed E-state index contributed by atoms with van der Waals surface area (Å²) in [6.07, 6.45) is 4.43. The first kappa shape index (κ1) is 19.3. The lowest BCUT2D eigenvalue weighted by atomic mass is 9.94. The van der Waals surface area contributed by atoms with Crippen molar-refractivity contribution >= 4 is 10.0 Å². The molecule has 1 aromatic rings. The molecule has 1 aliphatic heterocycles. The maximum atomic E-state index is 12.9. The molecule has 24 heavy (non-hydrogen) atoms. The normalized spacial score (nSPS) is 22.5. The van der Waals surface area contributed by atoms with Crippen molar-refractivity contribution in [3.8, 4) is 5.75 Å². The van der Waals surface area contributed by atoms with Gasteiger partial charge < -0.3 is 4.74 Å². The minimum atomic E-state index is -3.42. The molecule has 0 amide bonds. The Bertz CT molecular complexity index is 632. The Morgan fingerprint density at radius 3 is 2.42 bits per heavy atom. The second-order valence-electron chi connectivity index (χ2n) is 7.25.